The van der Waals surface area contributed by atoms with E-state index in [0.717, 1.165) is 17.7 Å². The second kappa shape index (κ2) is 9.94. The normalized spacial score (nSPS) is 11.4. The molecule has 0 fully saturated rings. The summed E-state index contributed by atoms with van der Waals surface area (Å²) >= 11 is 0. The van der Waals surface area contributed by atoms with Crippen LogP contribution in [0.5, 0.6) is 0 Å². The number of methoxy groups -OCH3 is 1. The van der Waals surface area contributed by atoms with Crippen molar-refractivity contribution in [3.05, 3.63) is 82.7 Å². The number of nitrogens with two attached hydrogens (primary N) is 1. The summed E-state index contributed by atoms with van der Waals surface area (Å²) in [6.07, 6.45) is -3.52. The van der Waals surface area contributed by atoms with Gasteiger partial charge in [0, 0.05) is 23.5 Å². The SMILES string of the molecule is COC(=O)CCc1c(-c2ccc(C(F)(F)F)cc2)c(C(N)=O)c(C)n1CCc1ccccc1. The molecule has 0 aliphatic carbocycles. The fourth-order valence-corrected chi connectivity index (χ4v) is 4.01. The van der Waals surface area contributed by atoms with Crippen LogP contribution >= 0.6 is 0 Å². The number of rotatable bonds is 8. The predicted octanol–water partition coefficient (Wildman–Crippen LogP) is 4.93. The Hall–Kier alpha value is -3.55. The average molecular weight is 458 g/mol. The van der Waals surface area contributed by atoms with Crippen LogP contribution in [0.2, 0.25) is 0 Å². The van der Waals surface area contributed by atoms with Gasteiger partial charge in [-0.25, -0.2) is 0 Å². The number of carbonyl (C=O) groups is 2. The van der Waals surface area contributed by atoms with Crippen LogP contribution in [-0.2, 0) is 35.1 Å². The summed E-state index contributed by atoms with van der Waals surface area (Å²) in [4.78, 5) is 24.3. The zero-order chi connectivity index (χ0) is 24.2. The van der Waals surface area contributed by atoms with E-state index < -0.39 is 23.6 Å². The van der Waals surface area contributed by atoms with Gasteiger partial charge in [-0.05, 0) is 43.0 Å². The molecule has 174 valence electrons. The van der Waals surface area contributed by atoms with E-state index in [1.165, 1.54) is 19.2 Å². The van der Waals surface area contributed by atoms with Crippen LogP contribution < -0.4 is 5.73 Å². The van der Waals surface area contributed by atoms with E-state index in [4.69, 9.17) is 10.5 Å². The highest BCUT2D eigenvalue weighted by molar-refractivity contribution is 6.02. The van der Waals surface area contributed by atoms with Gasteiger partial charge in [0.05, 0.1) is 24.7 Å². The van der Waals surface area contributed by atoms with Crippen LogP contribution in [0.1, 0.15) is 39.3 Å². The lowest BCUT2D eigenvalue weighted by atomic mass is 9.97. The number of primary amides is 1. The van der Waals surface area contributed by atoms with E-state index in [1.54, 1.807) is 6.92 Å². The van der Waals surface area contributed by atoms with Gasteiger partial charge >= 0.3 is 12.1 Å². The number of ether oxygens (including phenoxy) is 1. The number of nitrogens with zero attached hydrogens (tertiary/aromatic N) is 1. The number of hydrogen-bond acceptors (Lipinski definition) is 3. The Morgan fingerprint density at radius 1 is 1.00 bits per heavy atom. The van der Waals surface area contributed by atoms with Gasteiger partial charge in [-0.15, -0.1) is 0 Å². The lowest BCUT2D eigenvalue weighted by Crippen LogP contribution is -2.14. The first-order chi connectivity index (χ1) is 15.6. The molecule has 0 saturated heterocycles. The van der Waals surface area contributed by atoms with E-state index in [-0.39, 0.29) is 18.4 Å². The maximum atomic E-state index is 13.1. The molecule has 0 radical (unpaired) electrons. The molecule has 1 amide bonds. The van der Waals surface area contributed by atoms with E-state index >= 15 is 0 Å². The maximum Gasteiger partial charge on any atom is 0.416 e. The number of carbonyl (C=O) groups excluding carboxylic acids is 2. The minimum Gasteiger partial charge on any atom is -0.469 e. The molecule has 0 aliphatic rings. The second-order valence-electron chi connectivity index (χ2n) is 7.68. The molecule has 8 heteroatoms. The first-order valence-electron chi connectivity index (χ1n) is 10.4. The number of amides is 1. The Morgan fingerprint density at radius 2 is 1.64 bits per heavy atom. The largest absolute Gasteiger partial charge is 0.469 e. The Balaban J connectivity index is 2.12. The molecule has 2 aromatic carbocycles. The highest BCUT2D eigenvalue weighted by Gasteiger charge is 2.31. The van der Waals surface area contributed by atoms with Gasteiger partial charge in [-0.2, -0.15) is 13.2 Å². The molecule has 1 heterocycles. The van der Waals surface area contributed by atoms with Crippen LogP contribution in [0.3, 0.4) is 0 Å². The smallest absolute Gasteiger partial charge is 0.416 e. The Kier molecular flexibility index (Phi) is 7.26. The zero-order valence-corrected chi connectivity index (χ0v) is 18.4. The van der Waals surface area contributed by atoms with Crippen LogP contribution in [0.4, 0.5) is 13.2 Å². The van der Waals surface area contributed by atoms with Crippen LogP contribution in [0.15, 0.2) is 54.6 Å². The Morgan fingerprint density at radius 3 is 2.18 bits per heavy atom. The molecular formula is C25H25F3N2O3. The molecule has 0 bridgehead atoms. The summed E-state index contributed by atoms with van der Waals surface area (Å²) in [5.74, 6) is -1.11. The lowest BCUT2D eigenvalue weighted by molar-refractivity contribution is -0.140. The summed E-state index contributed by atoms with van der Waals surface area (Å²) in [5, 5.41) is 0. The number of hydrogen-bond donors (Lipinski definition) is 1. The highest BCUT2D eigenvalue weighted by Crippen LogP contribution is 2.36. The fraction of sp³-hybridized carbons (Fsp3) is 0.280. The van der Waals surface area contributed by atoms with Crippen molar-refractivity contribution in [3.8, 4) is 11.1 Å². The quantitative estimate of drug-likeness (QED) is 0.487. The van der Waals surface area contributed by atoms with Crippen molar-refractivity contribution in [2.45, 2.75) is 38.9 Å². The summed E-state index contributed by atoms with van der Waals surface area (Å²) < 4.78 is 45.9. The van der Waals surface area contributed by atoms with E-state index in [9.17, 15) is 22.8 Å². The second-order valence-corrected chi connectivity index (χ2v) is 7.68. The number of halogens is 3. The molecule has 5 nitrogen and oxygen atoms in total. The third-order valence-electron chi connectivity index (χ3n) is 5.64. The first kappa shape index (κ1) is 24.1. The zero-order valence-electron chi connectivity index (χ0n) is 18.4. The van der Waals surface area contributed by atoms with Gasteiger partial charge in [-0.3, -0.25) is 9.59 Å². The van der Waals surface area contributed by atoms with Crippen molar-refractivity contribution >= 4 is 11.9 Å². The summed E-state index contributed by atoms with van der Waals surface area (Å²) in [6, 6.07) is 14.3. The number of aryl methyl sites for hydroxylation is 1. The third-order valence-corrected chi connectivity index (χ3v) is 5.64. The molecule has 2 N–H and O–H groups in total. The molecule has 3 rings (SSSR count). The predicted molar refractivity (Wildman–Crippen MR) is 119 cm³/mol. The average Bonchev–Trinajstić information content (AvgIpc) is 3.07. The lowest BCUT2D eigenvalue weighted by Gasteiger charge is -2.14. The van der Waals surface area contributed by atoms with Gasteiger partial charge in [0.15, 0.2) is 0 Å². The van der Waals surface area contributed by atoms with Crippen LogP contribution in [-0.4, -0.2) is 23.6 Å². The van der Waals surface area contributed by atoms with E-state index in [2.05, 4.69) is 0 Å². The van der Waals surface area contributed by atoms with Gasteiger partial charge in [0.25, 0.3) is 5.91 Å². The van der Waals surface area contributed by atoms with Gasteiger partial charge in [0.2, 0.25) is 0 Å². The Bertz CT molecular complexity index is 1130. The molecule has 0 aliphatic heterocycles. The molecule has 3 aromatic rings. The summed E-state index contributed by atoms with van der Waals surface area (Å²) in [7, 11) is 1.29. The first-order valence-corrected chi connectivity index (χ1v) is 10.4. The fourth-order valence-electron chi connectivity index (χ4n) is 4.01. The molecule has 33 heavy (non-hydrogen) atoms. The molecule has 0 unspecified atom stereocenters. The highest BCUT2D eigenvalue weighted by atomic mass is 19.4. The molecular weight excluding hydrogens is 433 g/mol. The van der Waals surface area contributed by atoms with Crippen molar-refractivity contribution in [1.29, 1.82) is 0 Å². The van der Waals surface area contributed by atoms with E-state index in [0.29, 0.717) is 35.5 Å². The van der Waals surface area contributed by atoms with Crippen molar-refractivity contribution in [3.63, 3.8) is 0 Å². The molecule has 0 saturated carbocycles. The minimum absolute atomic E-state index is 0.0527. The molecule has 0 spiro atoms. The number of benzene rings is 2. The van der Waals surface area contributed by atoms with Gasteiger partial charge < -0.3 is 15.0 Å². The number of esters is 1. The van der Waals surface area contributed by atoms with Crippen molar-refractivity contribution in [2.24, 2.45) is 5.73 Å². The number of alkyl halides is 3. The molecule has 0 atom stereocenters. The number of aromatic nitrogens is 1. The maximum absolute atomic E-state index is 13.1. The van der Waals surface area contributed by atoms with Gasteiger partial charge in [-0.1, -0.05) is 42.5 Å². The summed E-state index contributed by atoms with van der Waals surface area (Å²) in [5.41, 5.74) is 8.37. The van der Waals surface area contributed by atoms with Crippen molar-refractivity contribution in [2.75, 3.05) is 7.11 Å². The molecule has 1 aromatic heterocycles. The minimum atomic E-state index is -4.48. The van der Waals surface area contributed by atoms with Crippen LogP contribution in [0.25, 0.3) is 11.1 Å². The van der Waals surface area contributed by atoms with Crippen molar-refractivity contribution < 1.29 is 27.5 Å². The summed E-state index contributed by atoms with van der Waals surface area (Å²) in [6.45, 7) is 2.26. The van der Waals surface area contributed by atoms with Crippen molar-refractivity contribution in [1.82, 2.24) is 4.57 Å². The van der Waals surface area contributed by atoms with Crippen LogP contribution in [0, 0.1) is 6.92 Å². The topological polar surface area (TPSA) is 74.3 Å². The standard InChI is InChI=1S/C25H25F3N2O3/c1-16-22(24(29)32)23(18-8-10-19(11-9-18)25(26,27)28)20(12-13-21(31)33-2)30(16)15-14-17-6-4-3-5-7-17/h3-11H,12-15H2,1-2H3,(H2,29,32). The monoisotopic (exact) mass is 458 g/mol. The van der Waals surface area contributed by atoms with E-state index in [1.807, 2.05) is 34.9 Å². The Labute approximate surface area is 190 Å². The third kappa shape index (κ3) is 5.45. The van der Waals surface area contributed by atoms with Gasteiger partial charge in [0.1, 0.15) is 0 Å².